The maximum absolute atomic E-state index is 11.3. The number of ether oxygens (including phenoxy) is 4. The first-order chi connectivity index (χ1) is 18.1. The molecule has 0 radical (unpaired) electrons. The summed E-state index contributed by atoms with van der Waals surface area (Å²) in [5.74, 6) is 1.70. The standard InChI is InChI=1S/C28H42O10/c1-16(13-18-21(35-2)8-6-9-22(18)36-3)12-17(14-19-23(37-4)10-7-11-24(19)38-5)25(31)27(33)28(34)26(32)20(30)15-29/h6-11,16-17,20,25-34H,12-15H2,1-5H3/t16?,17?,20-,25?,26+,27+,28-/m0/s1. The normalized spacial score (nSPS) is 17.0. The fraction of sp³-hybridized carbons (Fsp3) is 0.571. The second-order valence-corrected chi connectivity index (χ2v) is 9.50. The van der Waals surface area contributed by atoms with E-state index in [1.165, 1.54) is 14.2 Å². The highest BCUT2D eigenvalue weighted by Gasteiger charge is 2.38. The van der Waals surface area contributed by atoms with Gasteiger partial charge >= 0.3 is 0 Å². The van der Waals surface area contributed by atoms with Crippen LogP contribution < -0.4 is 18.9 Å². The molecule has 0 aliphatic carbocycles. The number of benzene rings is 2. The van der Waals surface area contributed by atoms with Crippen molar-refractivity contribution in [1.29, 1.82) is 0 Å². The van der Waals surface area contributed by atoms with Crippen molar-refractivity contribution in [2.24, 2.45) is 11.8 Å². The molecule has 0 aliphatic rings. The molecule has 2 aromatic rings. The van der Waals surface area contributed by atoms with Crippen molar-refractivity contribution in [3.63, 3.8) is 0 Å². The molecular weight excluding hydrogens is 496 g/mol. The zero-order valence-electron chi connectivity index (χ0n) is 22.7. The van der Waals surface area contributed by atoms with Crippen LogP contribution in [-0.2, 0) is 12.8 Å². The zero-order valence-corrected chi connectivity index (χ0v) is 22.7. The number of hydrogen-bond acceptors (Lipinski definition) is 10. The second kappa shape index (κ2) is 15.1. The van der Waals surface area contributed by atoms with Gasteiger partial charge in [-0.2, -0.15) is 0 Å². The summed E-state index contributed by atoms with van der Waals surface area (Å²) >= 11 is 0. The Hall–Kier alpha value is -2.60. The van der Waals surface area contributed by atoms with Gasteiger partial charge in [-0.15, -0.1) is 0 Å². The highest BCUT2D eigenvalue weighted by atomic mass is 16.5. The van der Waals surface area contributed by atoms with Gasteiger partial charge in [0, 0.05) is 11.1 Å². The average Bonchev–Trinajstić information content (AvgIpc) is 2.94. The lowest BCUT2D eigenvalue weighted by atomic mass is 9.80. The summed E-state index contributed by atoms with van der Waals surface area (Å²) in [6.45, 7) is 1.17. The van der Waals surface area contributed by atoms with Crippen LogP contribution in [0.5, 0.6) is 23.0 Å². The summed E-state index contributed by atoms with van der Waals surface area (Å²) in [6.07, 6.45) is -7.65. The Balaban J connectivity index is 2.40. The van der Waals surface area contributed by atoms with Crippen molar-refractivity contribution in [1.82, 2.24) is 0 Å². The van der Waals surface area contributed by atoms with Gasteiger partial charge in [-0.1, -0.05) is 19.1 Å². The van der Waals surface area contributed by atoms with Crippen LogP contribution in [-0.4, -0.2) is 96.2 Å². The zero-order chi connectivity index (χ0) is 28.4. The molecule has 38 heavy (non-hydrogen) atoms. The summed E-state index contributed by atoms with van der Waals surface area (Å²) < 4.78 is 22.1. The van der Waals surface area contributed by atoms with Gasteiger partial charge in [-0.25, -0.2) is 0 Å². The molecule has 214 valence electrons. The first kappa shape index (κ1) is 31.6. The van der Waals surface area contributed by atoms with E-state index in [9.17, 15) is 25.5 Å². The molecule has 0 aromatic heterocycles. The Morgan fingerprint density at radius 3 is 1.39 bits per heavy atom. The van der Waals surface area contributed by atoms with E-state index < -0.39 is 43.0 Å². The molecule has 0 saturated heterocycles. The Kier molecular flexibility index (Phi) is 12.6. The highest BCUT2D eigenvalue weighted by molar-refractivity contribution is 5.46. The maximum atomic E-state index is 11.3. The van der Waals surface area contributed by atoms with Gasteiger partial charge in [-0.3, -0.25) is 0 Å². The van der Waals surface area contributed by atoms with Crippen molar-refractivity contribution in [3.8, 4) is 23.0 Å². The Labute approximate surface area is 224 Å². The molecule has 2 rings (SSSR count). The summed E-state index contributed by atoms with van der Waals surface area (Å²) in [7, 11) is 6.19. The monoisotopic (exact) mass is 538 g/mol. The summed E-state index contributed by atoms with van der Waals surface area (Å²) in [5, 5.41) is 61.5. The van der Waals surface area contributed by atoms with Crippen molar-refractivity contribution in [2.75, 3.05) is 35.0 Å². The van der Waals surface area contributed by atoms with Crippen LogP contribution in [0.3, 0.4) is 0 Å². The van der Waals surface area contributed by atoms with Crippen LogP contribution in [0.1, 0.15) is 24.5 Å². The van der Waals surface area contributed by atoms with E-state index in [2.05, 4.69) is 0 Å². The molecule has 0 spiro atoms. The lowest BCUT2D eigenvalue weighted by Crippen LogP contribution is -2.52. The van der Waals surface area contributed by atoms with Gasteiger partial charge in [0.1, 0.15) is 47.4 Å². The number of aliphatic hydroxyl groups excluding tert-OH is 6. The van der Waals surface area contributed by atoms with Gasteiger partial charge in [0.25, 0.3) is 0 Å². The van der Waals surface area contributed by atoms with E-state index in [1.54, 1.807) is 32.4 Å². The van der Waals surface area contributed by atoms with Crippen LogP contribution in [0.2, 0.25) is 0 Å². The van der Waals surface area contributed by atoms with E-state index in [1.807, 2.05) is 25.1 Å². The second-order valence-electron chi connectivity index (χ2n) is 9.50. The Morgan fingerprint density at radius 2 is 1.00 bits per heavy atom. The third-order valence-corrected chi connectivity index (χ3v) is 6.90. The van der Waals surface area contributed by atoms with E-state index >= 15 is 0 Å². The SMILES string of the molecule is COc1cccc(OC)c1CC(C)CC(Cc1c(OC)cccc1OC)C(O)[C@@H](O)[C@@H](O)[C@H](O)[C@@H](O)CO. The minimum absolute atomic E-state index is 0.0575. The molecule has 10 heteroatoms. The largest absolute Gasteiger partial charge is 0.496 e. The predicted molar refractivity (Wildman–Crippen MR) is 141 cm³/mol. The smallest absolute Gasteiger partial charge is 0.125 e. The van der Waals surface area contributed by atoms with Crippen LogP contribution in [0.15, 0.2) is 36.4 Å². The third kappa shape index (κ3) is 7.72. The van der Waals surface area contributed by atoms with Gasteiger partial charge in [0.15, 0.2) is 0 Å². The molecule has 0 bridgehead atoms. The summed E-state index contributed by atoms with van der Waals surface area (Å²) in [4.78, 5) is 0. The molecule has 6 N–H and O–H groups in total. The number of aliphatic hydroxyl groups is 6. The van der Waals surface area contributed by atoms with E-state index in [0.29, 0.717) is 41.4 Å². The van der Waals surface area contributed by atoms with Crippen molar-refractivity contribution in [3.05, 3.63) is 47.5 Å². The molecule has 0 heterocycles. The van der Waals surface area contributed by atoms with E-state index in [0.717, 1.165) is 5.56 Å². The van der Waals surface area contributed by atoms with Crippen molar-refractivity contribution < 1.29 is 49.6 Å². The fourth-order valence-corrected chi connectivity index (χ4v) is 4.83. The van der Waals surface area contributed by atoms with Gasteiger partial charge in [0.2, 0.25) is 0 Å². The lowest BCUT2D eigenvalue weighted by molar-refractivity contribution is -0.149. The third-order valence-electron chi connectivity index (χ3n) is 6.90. The summed E-state index contributed by atoms with van der Waals surface area (Å²) in [6, 6.07) is 10.8. The molecular formula is C28H42O10. The topological polar surface area (TPSA) is 158 Å². The number of hydrogen-bond donors (Lipinski definition) is 6. The Bertz CT molecular complexity index is 940. The quantitative estimate of drug-likeness (QED) is 0.182. The first-order valence-corrected chi connectivity index (χ1v) is 12.5. The number of methoxy groups -OCH3 is 4. The Morgan fingerprint density at radius 1 is 0.605 bits per heavy atom. The molecule has 0 saturated carbocycles. The molecule has 3 unspecified atom stereocenters. The first-order valence-electron chi connectivity index (χ1n) is 12.5. The minimum atomic E-state index is -1.90. The average molecular weight is 539 g/mol. The molecule has 10 nitrogen and oxygen atoms in total. The maximum Gasteiger partial charge on any atom is 0.125 e. The molecule has 7 atom stereocenters. The summed E-state index contributed by atoms with van der Waals surface area (Å²) in [5.41, 5.74) is 1.52. The fourth-order valence-electron chi connectivity index (χ4n) is 4.83. The predicted octanol–water partition coefficient (Wildman–Crippen LogP) is 0.945. The molecule has 0 fully saturated rings. The van der Waals surface area contributed by atoms with Crippen LogP contribution in [0.25, 0.3) is 0 Å². The van der Waals surface area contributed by atoms with Crippen molar-refractivity contribution >= 4 is 0 Å². The minimum Gasteiger partial charge on any atom is -0.496 e. The van der Waals surface area contributed by atoms with Gasteiger partial charge in [-0.05, 0) is 55.4 Å². The molecule has 2 aromatic carbocycles. The lowest BCUT2D eigenvalue weighted by Gasteiger charge is -2.34. The van der Waals surface area contributed by atoms with Crippen LogP contribution >= 0.6 is 0 Å². The highest BCUT2D eigenvalue weighted by Crippen LogP contribution is 2.37. The van der Waals surface area contributed by atoms with E-state index in [-0.39, 0.29) is 12.3 Å². The van der Waals surface area contributed by atoms with Crippen LogP contribution in [0, 0.1) is 11.8 Å². The van der Waals surface area contributed by atoms with E-state index in [4.69, 9.17) is 24.1 Å². The molecule has 0 amide bonds. The van der Waals surface area contributed by atoms with Crippen molar-refractivity contribution in [2.45, 2.75) is 56.7 Å². The molecule has 0 aliphatic heterocycles. The van der Waals surface area contributed by atoms with Crippen LogP contribution in [0.4, 0.5) is 0 Å². The van der Waals surface area contributed by atoms with Gasteiger partial charge in [0.05, 0.1) is 41.2 Å². The van der Waals surface area contributed by atoms with Gasteiger partial charge < -0.3 is 49.6 Å². The number of rotatable bonds is 16.